The average Bonchev–Trinajstić information content (AvgIpc) is 2.73. The van der Waals surface area contributed by atoms with Gasteiger partial charge in [0.25, 0.3) is 0 Å². The van der Waals surface area contributed by atoms with Crippen LogP contribution in [0.15, 0.2) is 35.4 Å². The monoisotopic (exact) mass is 298 g/mol. The molecule has 0 aliphatic rings. The Morgan fingerprint density at radius 1 is 1.16 bits per heavy atom. The van der Waals surface area contributed by atoms with Crippen LogP contribution in [-0.4, -0.2) is 14.9 Å². The minimum Gasteiger partial charge on any atom is -0.300 e. The molecule has 0 unspecified atom stereocenters. The Balaban J connectivity index is 2.23. The Labute approximate surface area is 120 Å². The first kappa shape index (κ1) is 13.9. The number of carbonyl (C=O) groups is 1. The van der Waals surface area contributed by atoms with E-state index in [0.29, 0.717) is 22.2 Å². The molecule has 4 nitrogen and oxygen atoms in total. The number of rotatable bonds is 4. The van der Waals surface area contributed by atoms with Gasteiger partial charge in [0.05, 0.1) is 16.6 Å². The molecule has 0 aliphatic carbocycles. The average molecular weight is 299 g/mol. The van der Waals surface area contributed by atoms with Crippen molar-refractivity contribution in [3.05, 3.63) is 56.7 Å². The van der Waals surface area contributed by atoms with E-state index in [1.807, 2.05) is 6.92 Å². The van der Waals surface area contributed by atoms with E-state index in [2.05, 4.69) is 0 Å². The van der Waals surface area contributed by atoms with Crippen molar-refractivity contribution in [2.24, 2.45) is 0 Å². The lowest BCUT2D eigenvalue weighted by molar-refractivity contribution is 0.0970. The van der Waals surface area contributed by atoms with Crippen LogP contribution in [0.2, 0.25) is 10.0 Å². The minimum atomic E-state index is -0.198. The standard InChI is InChI=1S/C13H12Cl2N2O2/c1-2-16-5-6-17(13(16)19)8-12(18)9-3-4-10(14)11(15)7-9/h3-7H,2,8H2,1H3. The lowest BCUT2D eigenvalue weighted by atomic mass is 10.1. The molecule has 0 bridgehead atoms. The quantitative estimate of drug-likeness (QED) is 0.815. The third-order valence-corrected chi connectivity index (χ3v) is 3.55. The van der Waals surface area contributed by atoms with Crippen molar-refractivity contribution in [1.29, 1.82) is 0 Å². The summed E-state index contributed by atoms with van der Waals surface area (Å²) in [6.45, 7) is 2.43. The molecular weight excluding hydrogens is 287 g/mol. The second-order valence-electron chi connectivity index (χ2n) is 4.05. The largest absolute Gasteiger partial charge is 0.328 e. The Morgan fingerprint density at radius 2 is 1.84 bits per heavy atom. The van der Waals surface area contributed by atoms with Crippen molar-refractivity contribution in [2.45, 2.75) is 20.0 Å². The fourth-order valence-corrected chi connectivity index (χ4v) is 2.03. The topological polar surface area (TPSA) is 44.0 Å². The van der Waals surface area contributed by atoms with E-state index in [1.165, 1.54) is 15.2 Å². The van der Waals surface area contributed by atoms with E-state index in [9.17, 15) is 9.59 Å². The molecular formula is C13H12Cl2N2O2. The molecule has 0 N–H and O–H groups in total. The molecule has 0 saturated heterocycles. The number of benzene rings is 1. The van der Waals surface area contributed by atoms with Gasteiger partial charge in [-0.15, -0.1) is 0 Å². The number of aromatic nitrogens is 2. The Kier molecular flexibility index (Phi) is 4.12. The van der Waals surface area contributed by atoms with Crippen LogP contribution in [-0.2, 0) is 13.1 Å². The normalized spacial score (nSPS) is 10.7. The fourth-order valence-electron chi connectivity index (χ4n) is 1.73. The highest BCUT2D eigenvalue weighted by Gasteiger charge is 2.11. The molecule has 0 radical (unpaired) electrons. The highest BCUT2D eigenvalue weighted by atomic mass is 35.5. The molecule has 0 atom stereocenters. The van der Waals surface area contributed by atoms with E-state index in [1.54, 1.807) is 24.5 Å². The SMILES string of the molecule is CCn1ccn(CC(=O)c2ccc(Cl)c(Cl)c2)c1=O. The van der Waals surface area contributed by atoms with Crippen molar-refractivity contribution in [1.82, 2.24) is 9.13 Å². The molecule has 1 aromatic carbocycles. The van der Waals surface area contributed by atoms with E-state index >= 15 is 0 Å². The van der Waals surface area contributed by atoms with E-state index in [0.717, 1.165) is 0 Å². The Hall–Kier alpha value is -1.52. The number of carbonyl (C=O) groups excluding carboxylic acids is 1. The summed E-state index contributed by atoms with van der Waals surface area (Å²) < 4.78 is 2.90. The summed E-state index contributed by atoms with van der Waals surface area (Å²) in [6.07, 6.45) is 3.26. The summed E-state index contributed by atoms with van der Waals surface area (Å²) in [5.74, 6) is -0.186. The number of imidazole rings is 1. The van der Waals surface area contributed by atoms with Gasteiger partial charge in [-0.05, 0) is 25.1 Å². The van der Waals surface area contributed by atoms with Crippen LogP contribution in [0.4, 0.5) is 0 Å². The maximum atomic E-state index is 12.1. The second kappa shape index (κ2) is 5.63. The molecule has 0 fully saturated rings. The number of ketones is 1. The van der Waals surface area contributed by atoms with Crippen molar-refractivity contribution < 1.29 is 4.79 Å². The van der Waals surface area contributed by atoms with Crippen molar-refractivity contribution in [2.75, 3.05) is 0 Å². The van der Waals surface area contributed by atoms with Crippen molar-refractivity contribution in [3.63, 3.8) is 0 Å². The number of nitrogens with zero attached hydrogens (tertiary/aromatic N) is 2. The fraction of sp³-hybridized carbons (Fsp3) is 0.231. The van der Waals surface area contributed by atoms with Crippen LogP contribution in [0, 0.1) is 0 Å². The predicted molar refractivity (Wildman–Crippen MR) is 75.2 cm³/mol. The summed E-state index contributed by atoms with van der Waals surface area (Å²) >= 11 is 11.7. The number of hydrogen-bond acceptors (Lipinski definition) is 2. The van der Waals surface area contributed by atoms with E-state index in [-0.39, 0.29) is 18.0 Å². The zero-order chi connectivity index (χ0) is 14.0. The smallest absolute Gasteiger partial charge is 0.300 e. The van der Waals surface area contributed by atoms with Gasteiger partial charge in [0.2, 0.25) is 0 Å². The van der Waals surface area contributed by atoms with Gasteiger partial charge in [-0.1, -0.05) is 23.2 Å². The van der Waals surface area contributed by atoms with Crippen LogP contribution >= 0.6 is 23.2 Å². The van der Waals surface area contributed by atoms with Crippen molar-refractivity contribution >= 4 is 29.0 Å². The first-order chi connectivity index (χ1) is 9.02. The van der Waals surface area contributed by atoms with Gasteiger partial charge in [0, 0.05) is 24.5 Å². The van der Waals surface area contributed by atoms with Gasteiger partial charge in [0.15, 0.2) is 5.78 Å². The molecule has 6 heteroatoms. The molecule has 19 heavy (non-hydrogen) atoms. The maximum absolute atomic E-state index is 12.1. The van der Waals surface area contributed by atoms with Crippen LogP contribution < -0.4 is 5.69 Å². The van der Waals surface area contributed by atoms with Gasteiger partial charge in [-0.2, -0.15) is 0 Å². The van der Waals surface area contributed by atoms with Gasteiger partial charge in [-0.25, -0.2) is 4.79 Å². The molecule has 0 saturated carbocycles. The molecule has 0 spiro atoms. The Bertz CT molecular complexity index is 674. The highest BCUT2D eigenvalue weighted by Crippen LogP contribution is 2.22. The molecule has 2 aromatic rings. The number of hydrogen-bond donors (Lipinski definition) is 0. The van der Waals surface area contributed by atoms with Gasteiger partial charge in [0.1, 0.15) is 0 Å². The third kappa shape index (κ3) is 2.91. The number of aryl methyl sites for hydroxylation is 1. The van der Waals surface area contributed by atoms with Gasteiger partial charge < -0.3 is 0 Å². The number of Topliss-reactive ketones (excluding diaryl/α,β-unsaturated/α-hetero) is 1. The second-order valence-corrected chi connectivity index (χ2v) is 4.86. The van der Waals surface area contributed by atoms with Crippen LogP contribution in [0.5, 0.6) is 0 Å². The zero-order valence-electron chi connectivity index (χ0n) is 10.3. The summed E-state index contributed by atoms with van der Waals surface area (Å²) in [7, 11) is 0. The Morgan fingerprint density at radius 3 is 2.42 bits per heavy atom. The van der Waals surface area contributed by atoms with Crippen LogP contribution in [0.1, 0.15) is 17.3 Å². The van der Waals surface area contributed by atoms with Crippen LogP contribution in [0.25, 0.3) is 0 Å². The lowest BCUT2D eigenvalue weighted by Gasteiger charge is -2.03. The first-order valence-corrected chi connectivity index (χ1v) is 6.52. The zero-order valence-corrected chi connectivity index (χ0v) is 11.8. The maximum Gasteiger partial charge on any atom is 0.328 e. The van der Waals surface area contributed by atoms with Crippen molar-refractivity contribution in [3.8, 4) is 0 Å². The highest BCUT2D eigenvalue weighted by molar-refractivity contribution is 6.42. The molecule has 0 amide bonds. The summed E-state index contributed by atoms with van der Waals surface area (Å²) in [4.78, 5) is 23.9. The molecule has 2 rings (SSSR count). The molecule has 100 valence electrons. The van der Waals surface area contributed by atoms with Gasteiger partial charge >= 0.3 is 5.69 Å². The molecule has 1 heterocycles. The third-order valence-electron chi connectivity index (χ3n) is 2.81. The van der Waals surface area contributed by atoms with Crippen LogP contribution in [0.3, 0.4) is 0 Å². The first-order valence-electron chi connectivity index (χ1n) is 5.76. The lowest BCUT2D eigenvalue weighted by Crippen LogP contribution is -2.26. The van der Waals surface area contributed by atoms with E-state index < -0.39 is 0 Å². The summed E-state index contributed by atoms with van der Waals surface area (Å²) in [5, 5.41) is 0.721. The summed E-state index contributed by atoms with van der Waals surface area (Å²) in [6, 6.07) is 4.67. The molecule has 1 aromatic heterocycles. The predicted octanol–water partition coefficient (Wildman–Crippen LogP) is 2.86. The minimum absolute atomic E-state index is 0.0101. The van der Waals surface area contributed by atoms with E-state index in [4.69, 9.17) is 23.2 Å². The van der Waals surface area contributed by atoms with Gasteiger partial charge in [-0.3, -0.25) is 13.9 Å². The molecule has 0 aliphatic heterocycles. The number of halogens is 2. The summed E-state index contributed by atoms with van der Waals surface area (Å²) in [5.41, 5.74) is 0.237.